The van der Waals surface area contributed by atoms with Crippen LogP contribution in [0.3, 0.4) is 0 Å². The molecule has 0 fully saturated rings. The maximum Gasteiger partial charge on any atom is -0.00747 e. The van der Waals surface area contributed by atoms with E-state index in [0.29, 0.717) is 5.92 Å². The smallest absolute Gasteiger partial charge is 0.00747 e. The van der Waals surface area contributed by atoms with Crippen LogP contribution in [0, 0.1) is 0 Å². The van der Waals surface area contributed by atoms with Gasteiger partial charge in [0.2, 0.25) is 0 Å². The Balaban J connectivity index is 1.78. The third kappa shape index (κ3) is 2.27. The topological polar surface area (TPSA) is 0 Å². The van der Waals surface area contributed by atoms with Crippen molar-refractivity contribution in [1.29, 1.82) is 0 Å². The van der Waals surface area contributed by atoms with Gasteiger partial charge in [-0.3, -0.25) is 0 Å². The Morgan fingerprint density at radius 1 is 0.667 bits per heavy atom. The van der Waals surface area contributed by atoms with Crippen molar-refractivity contribution in [3.8, 4) is 11.1 Å². The summed E-state index contributed by atoms with van der Waals surface area (Å²) in [5.41, 5.74) is 7.24. The number of hydrogen-bond acceptors (Lipinski definition) is 0. The highest BCUT2D eigenvalue weighted by molar-refractivity contribution is 5.74. The van der Waals surface area contributed by atoms with E-state index < -0.39 is 0 Å². The van der Waals surface area contributed by atoms with E-state index in [2.05, 4.69) is 78.9 Å². The van der Waals surface area contributed by atoms with Gasteiger partial charge in [0.15, 0.2) is 0 Å². The summed E-state index contributed by atoms with van der Waals surface area (Å²) in [6.45, 7) is 0. The quantitative estimate of drug-likeness (QED) is 0.597. The van der Waals surface area contributed by atoms with Crippen LogP contribution in [-0.2, 0) is 12.8 Å². The Labute approximate surface area is 126 Å². The molecule has 0 spiro atoms. The lowest BCUT2D eigenvalue weighted by Gasteiger charge is -2.28. The summed E-state index contributed by atoms with van der Waals surface area (Å²) >= 11 is 0. The second kappa shape index (κ2) is 5.21. The third-order valence-corrected chi connectivity index (χ3v) is 4.50. The maximum atomic E-state index is 2.30. The van der Waals surface area contributed by atoms with Crippen LogP contribution in [-0.4, -0.2) is 0 Å². The highest BCUT2D eigenvalue weighted by atomic mass is 14.3. The molecule has 0 aliphatic heterocycles. The molecular weight excluding hydrogens is 252 g/mol. The van der Waals surface area contributed by atoms with Crippen LogP contribution in [0.1, 0.15) is 22.6 Å². The van der Waals surface area contributed by atoms with Gasteiger partial charge >= 0.3 is 0 Å². The first-order valence-corrected chi connectivity index (χ1v) is 7.63. The van der Waals surface area contributed by atoms with Crippen molar-refractivity contribution in [2.24, 2.45) is 0 Å². The molecule has 0 heteroatoms. The first-order chi connectivity index (χ1) is 10.4. The fourth-order valence-electron chi connectivity index (χ4n) is 3.52. The van der Waals surface area contributed by atoms with Gasteiger partial charge in [-0.05, 0) is 46.6 Å². The number of rotatable bonds is 2. The standard InChI is InChI=1S/C21H18/c1-2-8-16(9-3-1)14-18-15-17-10-4-5-11-19(17)21-13-7-6-12-20(18)21/h1-13,18H,14-15H2. The zero-order chi connectivity index (χ0) is 14.1. The van der Waals surface area contributed by atoms with E-state index in [0.717, 1.165) is 12.8 Å². The van der Waals surface area contributed by atoms with E-state index in [1.807, 2.05) is 0 Å². The molecule has 3 aromatic carbocycles. The summed E-state index contributed by atoms with van der Waals surface area (Å²) < 4.78 is 0. The third-order valence-electron chi connectivity index (χ3n) is 4.50. The SMILES string of the molecule is c1ccc(CC2Cc3ccccc3-c3ccccc32)cc1. The number of hydrogen-bond donors (Lipinski definition) is 0. The molecule has 1 unspecified atom stereocenters. The van der Waals surface area contributed by atoms with E-state index in [1.165, 1.54) is 27.8 Å². The Morgan fingerprint density at radius 3 is 2.19 bits per heavy atom. The van der Waals surface area contributed by atoms with Crippen molar-refractivity contribution in [1.82, 2.24) is 0 Å². The van der Waals surface area contributed by atoms with Crippen molar-refractivity contribution in [2.75, 3.05) is 0 Å². The Kier molecular flexibility index (Phi) is 3.08. The van der Waals surface area contributed by atoms with E-state index in [1.54, 1.807) is 0 Å². The molecular formula is C21H18. The lowest BCUT2D eigenvalue weighted by Crippen LogP contribution is -2.13. The maximum absolute atomic E-state index is 2.30. The molecule has 21 heavy (non-hydrogen) atoms. The van der Waals surface area contributed by atoms with Crippen LogP contribution in [0.5, 0.6) is 0 Å². The minimum atomic E-state index is 0.582. The minimum Gasteiger partial charge on any atom is -0.0622 e. The average molecular weight is 270 g/mol. The summed E-state index contributed by atoms with van der Waals surface area (Å²) in [5, 5.41) is 0. The van der Waals surface area contributed by atoms with Gasteiger partial charge in [0.1, 0.15) is 0 Å². The van der Waals surface area contributed by atoms with Crippen LogP contribution in [0.15, 0.2) is 78.9 Å². The molecule has 0 heterocycles. The molecule has 0 bridgehead atoms. The van der Waals surface area contributed by atoms with E-state index in [-0.39, 0.29) is 0 Å². The summed E-state index contributed by atoms with van der Waals surface area (Å²) in [6.07, 6.45) is 2.26. The average Bonchev–Trinajstić information content (AvgIpc) is 2.56. The second-order valence-corrected chi connectivity index (χ2v) is 5.84. The van der Waals surface area contributed by atoms with Gasteiger partial charge in [-0.25, -0.2) is 0 Å². The minimum absolute atomic E-state index is 0.582. The van der Waals surface area contributed by atoms with Crippen LogP contribution >= 0.6 is 0 Å². The molecule has 1 aliphatic carbocycles. The lowest BCUT2D eigenvalue weighted by molar-refractivity contribution is 0.673. The summed E-state index contributed by atoms with van der Waals surface area (Å²) in [7, 11) is 0. The fraction of sp³-hybridized carbons (Fsp3) is 0.143. The highest BCUT2D eigenvalue weighted by Crippen LogP contribution is 2.40. The van der Waals surface area contributed by atoms with Gasteiger partial charge in [-0.2, -0.15) is 0 Å². The largest absolute Gasteiger partial charge is 0.0622 e. The summed E-state index contributed by atoms with van der Waals surface area (Å²) in [4.78, 5) is 0. The van der Waals surface area contributed by atoms with Crippen molar-refractivity contribution < 1.29 is 0 Å². The van der Waals surface area contributed by atoms with Gasteiger partial charge < -0.3 is 0 Å². The van der Waals surface area contributed by atoms with Crippen LogP contribution in [0.4, 0.5) is 0 Å². The molecule has 102 valence electrons. The Morgan fingerprint density at radius 2 is 1.33 bits per heavy atom. The van der Waals surface area contributed by atoms with Crippen LogP contribution in [0.2, 0.25) is 0 Å². The van der Waals surface area contributed by atoms with Gasteiger partial charge in [0, 0.05) is 0 Å². The zero-order valence-corrected chi connectivity index (χ0v) is 12.0. The van der Waals surface area contributed by atoms with Gasteiger partial charge in [-0.1, -0.05) is 78.9 Å². The molecule has 0 nitrogen and oxygen atoms in total. The van der Waals surface area contributed by atoms with Crippen LogP contribution < -0.4 is 0 Å². The zero-order valence-electron chi connectivity index (χ0n) is 12.0. The molecule has 0 amide bonds. The molecule has 3 aromatic rings. The molecule has 4 rings (SSSR count). The van der Waals surface area contributed by atoms with E-state index in [9.17, 15) is 0 Å². The fourth-order valence-corrected chi connectivity index (χ4v) is 3.52. The first kappa shape index (κ1) is 12.4. The molecule has 0 saturated heterocycles. The van der Waals surface area contributed by atoms with Gasteiger partial charge in [0.05, 0.1) is 0 Å². The number of benzene rings is 3. The van der Waals surface area contributed by atoms with Crippen molar-refractivity contribution in [3.05, 3.63) is 95.6 Å². The molecule has 1 aliphatic rings. The molecule has 0 radical (unpaired) electrons. The highest BCUT2D eigenvalue weighted by Gasteiger charge is 2.23. The summed E-state index contributed by atoms with van der Waals surface area (Å²) in [6, 6.07) is 28.6. The molecule has 0 N–H and O–H groups in total. The van der Waals surface area contributed by atoms with Gasteiger partial charge in [0.25, 0.3) is 0 Å². The second-order valence-electron chi connectivity index (χ2n) is 5.84. The van der Waals surface area contributed by atoms with Crippen LogP contribution in [0.25, 0.3) is 11.1 Å². The normalized spacial score (nSPS) is 16.1. The van der Waals surface area contributed by atoms with Crippen molar-refractivity contribution >= 4 is 0 Å². The predicted octanol–water partition coefficient (Wildman–Crippen LogP) is 5.24. The summed E-state index contributed by atoms with van der Waals surface area (Å²) in [5.74, 6) is 0.582. The van der Waals surface area contributed by atoms with E-state index in [4.69, 9.17) is 0 Å². The lowest BCUT2D eigenvalue weighted by atomic mass is 9.76. The Hall–Kier alpha value is -2.34. The molecule has 0 aromatic heterocycles. The Bertz CT molecular complexity index is 754. The number of fused-ring (bicyclic) bond motifs is 3. The first-order valence-electron chi connectivity index (χ1n) is 7.63. The van der Waals surface area contributed by atoms with Crippen molar-refractivity contribution in [3.63, 3.8) is 0 Å². The monoisotopic (exact) mass is 270 g/mol. The van der Waals surface area contributed by atoms with Crippen molar-refractivity contribution in [2.45, 2.75) is 18.8 Å². The molecule has 1 atom stereocenters. The van der Waals surface area contributed by atoms with Gasteiger partial charge in [-0.15, -0.1) is 0 Å². The predicted molar refractivity (Wildman–Crippen MR) is 88.5 cm³/mol. The molecule has 0 saturated carbocycles. The van der Waals surface area contributed by atoms with E-state index >= 15 is 0 Å².